The second kappa shape index (κ2) is 22.9. The standard InChI is InChI=1S/C50H80O26S/c1-17(51)24-8-9-25-23-15-28(27-14-22(76-77(63,64)65)10-12-50(27,7)26(23)11-13-49(24,25)6)71-46-40(62)41(33(55)21(5)69-46)73-47-42(74-44-38(60)35(57)30(52)18(2)67-44)34(56)29(16-66-47)72-48-43(37(59)32(54)20(4)70-48)75-45-39(61)36(58)31(53)19(3)68-45/h11,18-25,27-48,52-62H,8-10,12-16H2,1-7H3,(H,63,64,65)/t18?,19?,20?,21?,22-,23?,24+,25?,27?,28?,29+,30+,31-,32-,33+,34?,35?,36?,37?,38?,39?,40?,41?,42?,43?,44-,45-,46-,47-,48-,49+,50+/m0/s1. The number of fused-ring (bicyclic) bond motifs is 5. The summed E-state index contributed by atoms with van der Waals surface area (Å²) in [7, 11) is -4.84. The van der Waals surface area contributed by atoms with E-state index < -0.39 is 188 Å². The largest absolute Gasteiger partial charge is 0.397 e. The molecule has 5 saturated heterocycles. The monoisotopic (exact) mass is 1130 g/mol. The summed E-state index contributed by atoms with van der Waals surface area (Å²) in [5, 5.41) is 122. The van der Waals surface area contributed by atoms with E-state index >= 15 is 0 Å². The number of aliphatic hydroxyl groups excluding tert-OH is 11. The van der Waals surface area contributed by atoms with E-state index in [2.05, 4.69) is 19.9 Å². The number of ether oxygens (including phenoxy) is 10. The fourth-order valence-electron chi connectivity index (χ4n) is 14.3. The van der Waals surface area contributed by atoms with Gasteiger partial charge in [0, 0.05) is 5.92 Å². The zero-order chi connectivity index (χ0) is 56.1. The summed E-state index contributed by atoms with van der Waals surface area (Å²) < 4.78 is 99.9. The Morgan fingerprint density at radius 2 is 1.06 bits per heavy atom. The maximum Gasteiger partial charge on any atom is 0.397 e. The SMILES string of the molecule is CC(=O)[C@H]1CCC2C3CC(O[C@@H]4OC(C)[C@@H](O)C(O[C@@H]5OC[C@@H](O[C@@H]6OC(C)[C@H](O)C(O)C6O[C@@H]6OC(C)[C@H](O)C(O)C6O)C(O)C5O[C@@H]5OC(C)[C@@H](O)C(O)C5O)C4O)C4C[C@@H](OS(=O)(=O)O)CC[C@]4(C)C3=CC[C@@]21C. The van der Waals surface area contributed by atoms with Crippen molar-refractivity contribution in [1.29, 1.82) is 0 Å². The lowest BCUT2D eigenvalue weighted by molar-refractivity contribution is -0.397. The second-order valence-electron chi connectivity index (χ2n) is 23.6. The molecule has 32 atom stereocenters. The van der Waals surface area contributed by atoms with Crippen LogP contribution in [-0.4, -0.2) is 241 Å². The molecule has 5 heterocycles. The molecule has 9 rings (SSSR count). The Kier molecular flexibility index (Phi) is 17.8. The predicted octanol–water partition coefficient (Wildman–Crippen LogP) is -2.82. The van der Waals surface area contributed by atoms with Gasteiger partial charge in [0.05, 0.1) is 43.2 Å². The minimum atomic E-state index is -4.84. The molecule has 5 aliphatic heterocycles. The lowest BCUT2D eigenvalue weighted by Gasteiger charge is -2.59. The number of carbonyl (C=O) groups excluding carboxylic acids is 1. The summed E-state index contributed by atoms with van der Waals surface area (Å²) >= 11 is 0. The van der Waals surface area contributed by atoms with Gasteiger partial charge in [-0.25, -0.2) is 4.18 Å². The van der Waals surface area contributed by atoms with Crippen LogP contribution in [-0.2, 0) is 66.7 Å². The zero-order valence-corrected chi connectivity index (χ0v) is 44.9. The molecular weight excluding hydrogens is 1050 g/mol. The molecule has 27 heteroatoms. The fourth-order valence-corrected chi connectivity index (χ4v) is 14.8. The summed E-state index contributed by atoms with van der Waals surface area (Å²) in [5.41, 5.74) is 0.279. The van der Waals surface area contributed by atoms with Crippen molar-refractivity contribution in [1.82, 2.24) is 0 Å². The molecule has 0 spiro atoms. The van der Waals surface area contributed by atoms with Gasteiger partial charge in [-0.05, 0) is 108 Å². The number of allylic oxidation sites excluding steroid dienone is 2. The highest BCUT2D eigenvalue weighted by atomic mass is 32.3. The van der Waals surface area contributed by atoms with Crippen molar-refractivity contribution in [2.75, 3.05) is 6.61 Å². The normalized spacial score (nSPS) is 54.4. The second-order valence-corrected chi connectivity index (χ2v) is 24.6. The van der Waals surface area contributed by atoms with Crippen LogP contribution in [0.2, 0.25) is 0 Å². The first kappa shape index (κ1) is 60.0. The summed E-state index contributed by atoms with van der Waals surface area (Å²) in [4.78, 5) is 13.0. The Hall–Kier alpha value is -1.56. The van der Waals surface area contributed by atoms with Crippen LogP contribution in [0.3, 0.4) is 0 Å². The lowest BCUT2D eigenvalue weighted by Crippen LogP contribution is -2.66. The number of ketones is 1. The van der Waals surface area contributed by atoms with Crippen molar-refractivity contribution in [3.8, 4) is 0 Å². The van der Waals surface area contributed by atoms with Crippen molar-refractivity contribution in [3.05, 3.63) is 11.6 Å². The molecule has 26 nitrogen and oxygen atoms in total. The van der Waals surface area contributed by atoms with Crippen LogP contribution in [0.4, 0.5) is 0 Å². The first-order valence-corrected chi connectivity index (χ1v) is 28.3. The van der Waals surface area contributed by atoms with Gasteiger partial charge in [-0.3, -0.25) is 9.35 Å². The Morgan fingerprint density at radius 3 is 1.64 bits per heavy atom. The van der Waals surface area contributed by atoms with Crippen LogP contribution < -0.4 is 0 Å². The first-order chi connectivity index (χ1) is 36.0. The Balaban J connectivity index is 0.976. The predicted molar refractivity (Wildman–Crippen MR) is 255 cm³/mol. The van der Waals surface area contributed by atoms with Crippen LogP contribution in [0.5, 0.6) is 0 Å². The third-order valence-electron chi connectivity index (χ3n) is 18.8. The van der Waals surface area contributed by atoms with Crippen LogP contribution in [0.25, 0.3) is 0 Å². The third-order valence-corrected chi connectivity index (χ3v) is 19.3. The minimum Gasteiger partial charge on any atom is -0.388 e. The molecule has 0 radical (unpaired) electrons. The van der Waals surface area contributed by atoms with Gasteiger partial charge in [0.25, 0.3) is 0 Å². The van der Waals surface area contributed by atoms with E-state index in [-0.39, 0.29) is 35.4 Å². The molecule has 12 N–H and O–H groups in total. The topological polar surface area (TPSA) is 396 Å². The quantitative estimate of drug-likeness (QED) is 0.0654. The van der Waals surface area contributed by atoms with E-state index in [0.717, 1.165) is 12.8 Å². The Bertz CT molecular complexity index is 2210. The van der Waals surface area contributed by atoms with E-state index in [1.807, 2.05) is 0 Å². The van der Waals surface area contributed by atoms with Crippen LogP contribution >= 0.6 is 0 Å². The molecule has 9 aliphatic rings. The molecular formula is C50H80O26S. The van der Waals surface area contributed by atoms with Crippen LogP contribution in [0.1, 0.15) is 93.4 Å². The van der Waals surface area contributed by atoms with Gasteiger partial charge in [-0.2, -0.15) is 8.42 Å². The number of hydrogen-bond acceptors (Lipinski definition) is 25. The van der Waals surface area contributed by atoms with Crippen LogP contribution in [0, 0.1) is 34.5 Å². The Labute approximate surface area is 446 Å². The van der Waals surface area contributed by atoms with Crippen molar-refractivity contribution in [2.24, 2.45) is 34.5 Å². The lowest BCUT2D eigenvalue weighted by atomic mass is 9.48. The van der Waals surface area contributed by atoms with Gasteiger partial charge in [-0.15, -0.1) is 0 Å². The summed E-state index contributed by atoms with van der Waals surface area (Å²) in [6.07, 6.45) is -34.8. The maximum absolute atomic E-state index is 13.0. The number of hydrogen-bond donors (Lipinski definition) is 12. The number of rotatable bonds is 13. The third kappa shape index (κ3) is 11.4. The molecule has 77 heavy (non-hydrogen) atoms. The summed E-state index contributed by atoms with van der Waals surface area (Å²) in [6.45, 7) is 11.0. The highest BCUT2D eigenvalue weighted by Gasteiger charge is 2.62. The molecule has 18 unspecified atom stereocenters. The van der Waals surface area contributed by atoms with E-state index in [9.17, 15) is 73.9 Å². The van der Waals surface area contributed by atoms with Crippen molar-refractivity contribution in [2.45, 2.75) is 253 Å². The Morgan fingerprint density at radius 1 is 0.558 bits per heavy atom. The number of aliphatic hydroxyl groups is 11. The van der Waals surface area contributed by atoms with E-state index in [4.69, 9.17) is 51.6 Å². The summed E-state index contributed by atoms with van der Waals surface area (Å²) in [6, 6.07) is 0. The van der Waals surface area contributed by atoms with Crippen molar-refractivity contribution >= 4 is 16.2 Å². The highest BCUT2D eigenvalue weighted by Crippen LogP contribution is 2.66. The molecule has 442 valence electrons. The van der Waals surface area contributed by atoms with Gasteiger partial charge in [0.15, 0.2) is 31.5 Å². The summed E-state index contributed by atoms with van der Waals surface area (Å²) in [5.74, 6) is -0.452. The molecule has 0 aromatic heterocycles. The highest BCUT2D eigenvalue weighted by molar-refractivity contribution is 7.80. The van der Waals surface area contributed by atoms with Crippen molar-refractivity contribution in [3.63, 3.8) is 0 Å². The van der Waals surface area contributed by atoms with Gasteiger partial charge in [-0.1, -0.05) is 25.5 Å². The maximum atomic E-state index is 13.0. The molecule has 3 saturated carbocycles. The van der Waals surface area contributed by atoms with E-state index in [1.54, 1.807) is 6.92 Å². The molecule has 0 bridgehead atoms. The van der Waals surface area contributed by atoms with Gasteiger partial charge >= 0.3 is 10.4 Å². The molecule has 0 aromatic rings. The average molecular weight is 1130 g/mol. The fraction of sp³-hybridized carbons (Fsp3) is 0.940. The zero-order valence-electron chi connectivity index (χ0n) is 44.0. The average Bonchev–Trinajstić information content (AvgIpc) is 3.99. The molecule has 8 fully saturated rings. The first-order valence-electron chi connectivity index (χ1n) is 26.9. The molecule has 4 aliphatic carbocycles. The van der Waals surface area contributed by atoms with Gasteiger partial charge in [0.1, 0.15) is 97.3 Å². The van der Waals surface area contributed by atoms with Gasteiger partial charge in [0.2, 0.25) is 0 Å². The van der Waals surface area contributed by atoms with E-state index in [1.165, 1.54) is 33.3 Å². The number of Topliss-reactive ketones (excluding diaryl/α,β-unsaturated/α-hetero) is 1. The van der Waals surface area contributed by atoms with Crippen molar-refractivity contribution < 1.29 is 125 Å². The van der Waals surface area contributed by atoms with E-state index in [0.29, 0.717) is 25.7 Å². The number of carbonyl (C=O) groups is 1. The smallest absolute Gasteiger partial charge is 0.388 e. The minimum absolute atomic E-state index is 0.0701. The van der Waals surface area contributed by atoms with Crippen LogP contribution in [0.15, 0.2) is 11.6 Å². The van der Waals surface area contributed by atoms with Gasteiger partial charge < -0.3 is 104 Å². The molecule has 0 amide bonds. The molecule has 0 aromatic carbocycles.